The van der Waals surface area contributed by atoms with Gasteiger partial charge in [-0.05, 0) is 19.8 Å². The van der Waals surface area contributed by atoms with Crippen LogP contribution in [0.2, 0.25) is 0 Å². The molecule has 0 aromatic carbocycles. The Hall–Kier alpha value is 0.320. The standard InChI is InChI=1S/C9H17BrN3O/c1-7-9(10)13(14)12(11-7)8-5-3-2-4-6-8/h7-9,11H,2-6H2,1H3/q-1. The number of nitrogens with one attached hydrogen (secondary N) is 1. The number of hydroxylamine groups is 1. The van der Waals surface area contributed by atoms with E-state index in [1.165, 1.54) is 19.3 Å². The fourth-order valence-electron chi connectivity index (χ4n) is 2.23. The third-order valence-electron chi connectivity index (χ3n) is 3.09. The van der Waals surface area contributed by atoms with Gasteiger partial charge in [-0.2, -0.15) is 5.12 Å². The van der Waals surface area contributed by atoms with Gasteiger partial charge in [0, 0.05) is 12.1 Å². The smallest absolute Gasteiger partial charge is 0.0846 e. The normalized spacial score (nSPS) is 37.9. The molecule has 1 N–H and O–H groups in total. The molecule has 1 aliphatic carbocycles. The topological polar surface area (TPSA) is 41.6 Å². The first-order chi connectivity index (χ1) is 6.70. The Balaban J connectivity index is 1.97. The average molecular weight is 263 g/mol. The average Bonchev–Trinajstić information content (AvgIpc) is 2.47. The number of nitrogens with zero attached hydrogens (tertiary/aromatic N) is 2. The molecule has 2 rings (SSSR count). The van der Waals surface area contributed by atoms with Crippen molar-refractivity contribution in [3.05, 3.63) is 5.21 Å². The maximum absolute atomic E-state index is 11.7. The minimum atomic E-state index is -0.121. The molecular weight excluding hydrogens is 246 g/mol. The molecule has 14 heavy (non-hydrogen) atoms. The largest absolute Gasteiger partial charge is 0.770 e. The van der Waals surface area contributed by atoms with E-state index >= 15 is 0 Å². The molecule has 2 unspecified atom stereocenters. The quantitative estimate of drug-likeness (QED) is 0.580. The van der Waals surface area contributed by atoms with Crippen molar-refractivity contribution in [2.75, 3.05) is 0 Å². The van der Waals surface area contributed by atoms with Crippen molar-refractivity contribution >= 4 is 15.9 Å². The van der Waals surface area contributed by atoms with Gasteiger partial charge in [-0.1, -0.05) is 35.2 Å². The second kappa shape index (κ2) is 4.45. The van der Waals surface area contributed by atoms with Crippen LogP contribution in [0.1, 0.15) is 39.0 Å². The van der Waals surface area contributed by atoms with Crippen molar-refractivity contribution in [1.29, 1.82) is 0 Å². The van der Waals surface area contributed by atoms with E-state index in [0.29, 0.717) is 6.04 Å². The molecule has 1 aliphatic heterocycles. The van der Waals surface area contributed by atoms with Gasteiger partial charge in [-0.15, -0.1) is 0 Å². The highest BCUT2D eigenvalue weighted by molar-refractivity contribution is 9.09. The van der Waals surface area contributed by atoms with E-state index in [-0.39, 0.29) is 11.0 Å². The van der Waals surface area contributed by atoms with Gasteiger partial charge in [0.25, 0.3) is 0 Å². The van der Waals surface area contributed by atoms with Crippen LogP contribution in [0, 0.1) is 5.21 Å². The first-order valence-corrected chi connectivity index (χ1v) is 6.27. The molecule has 2 atom stereocenters. The second-order valence-electron chi connectivity index (χ2n) is 4.23. The highest BCUT2D eigenvalue weighted by atomic mass is 79.9. The van der Waals surface area contributed by atoms with Gasteiger partial charge >= 0.3 is 0 Å². The molecule has 0 aromatic heterocycles. The molecule has 4 nitrogen and oxygen atoms in total. The molecule has 2 fully saturated rings. The van der Waals surface area contributed by atoms with E-state index in [9.17, 15) is 5.21 Å². The summed E-state index contributed by atoms with van der Waals surface area (Å²) in [5.41, 5.74) is 3.22. The lowest BCUT2D eigenvalue weighted by Crippen LogP contribution is -2.48. The Kier molecular flexibility index (Phi) is 3.44. The zero-order chi connectivity index (χ0) is 10.1. The Labute approximate surface area is 93.3 Å². The maximum atomic E-state index is 11.7. The predicted molar refractivity (Wildman–Crippen MR) is 59.2 cm³/mol. The Morgan fingerprint density at radius 3 is 2.43 bits per heavy atom. The van der Waals surface area contributed by atoms with Crippen LogP contribution in [-0.4, -0.2) is 27.3 Å². The molecule has 0 radical (unpaired) electrons. The lowest BCUT2D eigenvalue weighted by Gasteiger charge is -2.41. The van der Waals surface area contributed by atoms with Crippen LogP contribution in [0.15, 0.2) is 0 Å². The van der Waals surface area contributed by atoms with Gasteiger partial charge in [0.15, 0.2) is 0 Å². The molecule has 1 heterocycles. The van der Waals surface area contributed by atoms with Gasteiger partial charge in [0.2, 0.25) is 0 Å². The number of alkyl halides is 1. The number of rotatable bonds is 1. The molecule has 5 heteroatoms. The van der Waals surface area contributed by atoms with Crippen molar-refractivity contribution in [3.8, 4) is 0 Å². The van der Waals surface area contributed by atoms with Crippen LogP contribution >= 0.6 is 15.9 Å². The molecule has 0 spiro atoms. The Morgan fingerprint density at radius 2 is 1.93 bits per heavy atom. The molecular formula is C9H17BrN3O-. The third-order valence-corrected chi connectivity index (χ3v) is 4.24. The van der Waals surface area contributed by atoms with E-state index in [0.717, 1.165) is 18.0 Å². The summed E-state index contributed by atoms with van der Waals surface area (Å²) in [4.78, 5) is -0.121. The predicted octanol–water partition coefficient (Wildman–Crippen LogP) is 1.96. The summed E-state index contributed by atoms with van der Waals surface area (Å²) in [7, 11) is 0. The van der Waals surface area contributed by atoms with Crippen molar-refractivity contribution < 1.29 is 0 Å². The number of halogens is 1. The fraction of sp³-hybridized carbons (Fsp3) is 1.00. The van der Waals surface area contributed by atoms with Gasteiger partial charge in [-0.25, -0.2) is 5.43 Å². The lowest BCUT2D eigenvalue weighted by molar-refractivity contribution is -0.0321. The molecule has 0 amide bonds. The molecule has 82 valence electrons. The van der Waals surface area contributed by atoms with Crippen LogP contribution in [0.5, 0.6) is 0 Å². The third kappa shape index (κ3) is 1.97. The maximum Gasteiger partial charge on any atom is 0.0846 e. The highest BCUT2D eigenvalue weighted by Gasteiger charge is 2.34. The molecule has 0 bridgehead atoms. The van der Waals surface area contributed by atoms with Crippen LogP contribution in [0.4, 0.5) is 0 Å². The van der Waals surface area contributed by atoms with E-state index < -0.39 is 0 Å². The lowest BCUT2D eigenvalue weighted by atomic mass is 9.96. The molecule has 1 saturated heterocycles. The van der Waals surface area contributed by atoms with Gasteiger partial charge < -0.3 is 5.21 Å². The molecule has 0 aromatic rings. The zero-order valence-electron chi connectivity index (χ0n) is 8.45. The molecule has 1 saturated carbocycles. The van der Waals surface area contributed by atoms with Gasteiger partial charge in [0.1, 0.15) is 0 Å². The van der Waals surface area contributed by atoms with E-state index in [2.05, 4.69) is 21.4 Å². The highest BCUT2D eigenvalue weighted by Crippen LogP contribution is 2.28. The zero-order valence-corrected chi connectivity index (χ0v) is 10.0. The monoisotopic (exact) mass is 262 g/mol. The Morgan fingerprint density at radius 1 is 1.29 bits per heavy atom. The van der Waals surface area contributed by atoms with Crippen LogP contribution in [-0.2, 0) is 0 Å². The van der Waals surface area contributed by atoms with Gasteiger partial charge in [0.05, 0.1) is 4.95 Å². The number of hydrogen-bond donors (Lipinski definition) is 1. The second-order valence-corrected chi connectivity index (χ2v) is 5.17. The van der Waals surface area contributed by atoms with E-state index in [4.69, 9.17) is 0 Å². The summed E-state index contributed by atoms with van der Waals surface area (Å²) in [5, 5.41) is 14.6. The summed E-state index contributed by atoms with van der Waals surface area (Å²) in [6.07, 6.45) is 6.09. The van der Waals surface area contributed by atoms with Crippen molar-refractivity contribution in [3.63, 3.8) is 0 Å². The molecule has 2 aliphatic rings. The first kappa shape index (κ1) is 10.8. The van der Waals surface area contributed by atoms with E-state index in [1.807, 2.05) is 6.92 Å². The Bertz CT molecular complexity index is 198. The van der Waals surface area contributed by atoms with Crippen LogP contribution in [0.25, 0.3) is 0 Å². The van der Waals surface area contributed by atoms with E-state index in [1.54, 1.807) is 5.12 Å². The first-order valence-electron chi connectivity index (χ1n) is 5.36. The fourth-order valence-corrected chi connectivity index (χ4v) is 2.54. The SMILES string of the molecule is CC1NN(C2CCCCC2)N([O-])C1Br. The summed E-state index contributed by atoms with van der Waals surface area (Å²) in [6, 6.07) is 0.584. The van der Waals surface area contributed by atoms with Crippen molar-refractivity contribution in [1.82, 2.24) is 15.7 Å². The van der Waals surface area contributed by atoms with Crippen molar-refractivity contribution in [2.24, 2.45) is 0 Å². The van der Waals surface area contributed by atoms with Crippen LogP contribution < -0.4 is 5.43 Å². The summed E-state index contributed by atoms with van der Waals surface area (Å²) in [6.45, 7) is 2.02. The van der Waals surface area contributed by atoms with Gasteiger partial charge in [-0.3, -0.25) is 5.17 Å². The summed E-state index contributed by atoms with van der Waals surface area (Å²) < 4.78 is 0. The summed E-state index contributed by atoms with van der Waals surface area (Å²) >= 11 is 3.39. The number of hydrogen-bond acceptors (Lipinski definition) is 4. The minimum Gasteiger partial charge on any atom is -0.770 e. The van der Waals surface area contributed by atoms with Crippen LogP contribution in [0.3, 0.4) is 0 Å². The summed E-state index contributed by atoms with van der Waals surface area (Å²) in [5.74, 6) is 0. The number of hydrazine groups is 2. The van der Waals surface area contributed by atoms with Crippen molar-refractivity contribution in [2.45, 2.75) is 56.1 Å². The minimum absolute atomic E-state index is 0.121.